The number of nitrogens with zero attached hydrogens (tertiary/aromatic N) is 3. The van der Waals surface area contributed by atoms with Crippen molar-refractivity contribution in [2.24, 2.45) is 0 Å². The first-order valence-electron chi connectivity index (χ1n) is 7.99. The van der Waals surface area contributed by atoms with Crippen molar-refractivity contribution in [3.8, 4) is 0 Å². The summed E-state index contributed by atoms with van der Waals surface area (Å²) in [5.74, 6) is 0. The first-order chi connectivity index (χ1) is 9.90. The van der Waals surface area contributed by atoms with E-state index in [1.807, 2.05) is 12.5 Å². The summed E-state index contributed by atoms with van der Waals surface area (Å²) in [5.41, 5.74) is 1.33. The molecular weight excluding hydrogens is 252 g/mol. The van der Waals surface area contributed by atoms with Gasteiger partial charge in [0.05, 0.1) is 31.3 Å². The van der Waals surface area contributed by atoms with Crippen LogP contribution in [-0.4, -0.2) is 52.8 Å². The number of hydrogen-bond donors (Lipinski definition) is 1. The summed E-state index contributed by atoms with van der Waals surface area (Å²) in [6.07, 6.45) is 9.45. The quantitative estimate of drug-likeness (QED) is 0.900. The number of imidazole rings is 1. The summed E-state index contributed by atoms with van der Waals surface area (Å²) in [6.45, 7) is 5.32. The third-order valence-electron chi connectivity index (χ3n) is 5.02. The second-order valence-electron chi connectivity index (χ2n) is 6.37. The van der Waals surface area contributed by atoms with E-state index in [0.29, 0.717) is 18.2 Å². The van der Waals surface area contributed by atoms with Gasteiger partial charge in [-0.3, -0.25) is 4.90 Å². The normalized spacial score (nSPS) is 34.5. The van der Waals surface area contributed by atoms with E-state index in [0.717, 1.165) is 26.2 Å². The second kappa shape index (κ2) is 5.47. The molecule has 1 N–H and O–H groups in total. The van der Waals surface area contributed by atoms with Gasteiger partial charge >= 0.3 is 0 Å². The van der Waals surface area contributed by atoms with Gasteiger partial charge in [-0.1, -0.05) is 0 Å². The van der Waals surface area contributed by atoms with Crippen LogP contribution in [0.3, 0.4) is 0 Å². The van der Waals surface area contributed by atoms with Crippen molar-refractivity contribution >= 4 is 0 Å². The molecule has 0 saturated carbocycles. The van der Waals surface area contributed by atoms with Gasteiger partial charge < -0.3 is 14.6 Å². The molecule has 3 aliphatic heterocycles. The number of aromatic nitrogens is 2. The van der Waals surface area contributed by atoms with Gasteiger partial charge in [0.1, 0.15) is 0 Å². The summed E-state index contributed by atoms with van der Waals surface area (Å²) >= 11 is 0. The molecule has 3 fully saturated rings. The lowest BCUT2D eigenvalue weighted by molar-refractivity contribution is -0.0555. The van der Waals surface area contributed by atoms with Crippen molar-refractivity contribution in [1.82, 2.24) is 19.8 Å². The third-order valence-corrected chi connectivity index (χ3v) is 5.02. The van der Waals surface area contributed by atoms with Crippen LogP contribution < -0.4 is 5.32 Å². The Morgan fingerprint density at radius 2 is 2.35 bits per heavy atom. The molecule has 1 aromatic heterocycles. The highest BCUT2D eigenvalue weighted by Gasteiger charge is 2.32. The SMILES string of the molecule is c1ncn(CC2CN3CCCC3CO2)c1[C@@H]1CCCN1. The van der Waals surface area contributed by atoms with Crippen LogP contribution in [0.2, 0.25) is 0 Å². The Balaban J connectivity index is 1.42. The topological polar surface area (TPSA) is 42.3 Å². The smallest absolute Gasteiger partial charge is 0.0949 e. The van der Waals surface area contributed by atoms with Crippen molar-refractivity contribution in [1.29, 1.82) is 0 Å². The molecule has 3 aliphatic rings. The minimum Gasteiger partial charge on any atom is -0.373 e. The molecule has 110 valence electrons. The van der Waals surface area contributed by atoms with Crippen molar-refractivity contribution in [3.63, 3.8) is 0 Å². The van der Waals surface area contributed by atoms with Crippen LogP contribution >= 0.6 is 0 Å². The van der Waals surface area contributed by atoms with Crippen molar-refractivity contribution in [3.05, 3.63) is 18.2 Å². The molecule has 0 spiro atoms. The molecule has 0 amide bonds. The Morgan fingerprint density at radius 3 is 3.25 bits per heavy atom. The Hall–Kier alpha value is -0.910. The predicted octanol–water partition coefficient (Wildman–Crippen LogP) is 1.17. The largest absolute Gasteiger partial charge is 0.373 e. The summed E-state index contributed by atoms with van der Waals surface area (Å²) in [6, 6.07) is 1.17. The van der Waals surface area contributed by atoms with E-state index in [1.165, 1.54) is 37.9 Å². The molecule has 2 unspecified atom stereocenters. The van der Waals surface area contributed by atoms with Crippen LogP contribution in [0.4, 0.5) is 0 Å². The molecule has 1 aromatic rings. The molecular formula is C15H24N4O. The lowest BCUT2D eigenvalue weighted by Crippen LogP contribution is -2.47. The van der Waals surface area contributed by atoms with Gasteiger partial charge in [0.25, 0.3) is 0 Å². The zero-order valence-electron chi connectivity index (χ0n) is 12.0. The molecule has 0 aliphatic carbocycles. The number of fused-ring (bicyclic) bond motifs is 1. The van der Waals surface area contributed by atoms with Crippen LogP contribution in [0.15, 0.2) is 12.5 Å². The fourth-order valence-electron chi connectivity index (χ4n) is 3.93. The highest BCUT2D eigenvalue weighted by atomic mass is 16.5. The first kappa shape index (κ1) is 12.8. The van der Waals surface area contributed by atoms with Gasteiger partial charge in [-0.2, -0.15) is 0 Å². The van der Waals surface area contributed by atoms with E-state index in [4.69, 9.17) is 4.74 Å². The number of ether oxygens (including phenoxy) is 1. The zero-order chi connectivity index (χ0) is 13.4. The Labute approximate surface area is 120 Å². The molecule has 0 bridgehead atoms. The Morgan fingerprint density at radius 1 is 1.35 bits per heavy atom. The molecule has 20 heavy (non-hydrogen) atoms. The average Bonchev–Trinajstić information content (AvgIpc) is 3.19. The molecule has 3 atom stereocenters. The minimum atomic E-state index is 0.318. The molecule has 5 heteroatoms. The van der Waals surface area contributed by atoms with Crippen LogP contribution in [0.25, 0.3) is 0 Å². The molecule has 0 radical (unpaired) electrons. The van der Waals surface area contributed by atoms with E-state index in [9.17, 15) is 0 Å². The average molecular weight is 276 g/mol. The predicted molar refractivity (Wildman–Crippen MR) is 76.5 cm³/mol. The van der Waals surface area contributed by atoms with Gasteiger partial charge in [0.2, 0.25) is 0 Å². The lowest BCUT2D eigenvalue weighted by atomic mass is 10.1. The maximum Gasteiger partial charge on any atom is 0.0949 e. The molecule has 4 heterocycles. The van der Waals surface area contributed by atoms with Crippen molar-refractivity contribution in [2.45, 2.75) is 50.4 Å². The van der Waals surface area contributed by atoms with E-state index >= 15 is 0 Å². The lowest BCUT2D eigenvalue weighted by Gasteiger charge is -2.35. The Bertz CT molecular complexity index is 454. The van der Waals surface area contributed by atoms with E-state index < -0.39 is 0 Å². The van der Waals surface area contributed by atoms with Crippen LogP contribution in [0, 0.1) is 0 Å². The maximum absolute atomic E-state index is 6.07. The molecule has 4 rings (SSSR count). The maximum atomic E-state index is 6.07. The summed E-state index contributed by atoms with van der Waals surface area (Å²) in [4.78, 5) is 6.96. The van der Waals surface area contributed by atoms with Gasteiger partial charge in [-0.15, -0.1) is 0 Å². The minimum absolute atomic E-state index is 0.318. The van der Waals surface area contributed by atoms with E-state index in [-0.39, 0.29) is 0 Å². The third kappa shape index (κ3) is 2.38. The zero-order valence-corrected chi connectivity index (χ0v) is 12.0. The summed E-state index contributed by atoms with van der Waals surface area (Å²) in [7, 11) is 0. The number of morpholine rings is 1. The van der Waals surface area contributed by atoms with Crippen LogP contribution in [0.5, 0.6) is 0 Å². The second-order valence-corrected chi connectivity index (χ2v) is 6.37. The van der Waals surface area contributed by atoms with Crippen LogP contribution in [-0.2, 0) is 11.3 Å². The van der Waals surface area contributed by atoms with Gasteiger partial charge in [-0.25, -0.2) is 4.98 Å². The number of rotatable bonds is 3. The molecule has 0 aromatic carbocycles. The number of nitrogens with one attached hydrogen (secondary N) is 1. The fourth-order valence-corrected chi connectivity index (χ4v) is 3.93. The van der Waals surface area contributed by atoms with Crippen molar-refractivity contribution < 1.29 is 4.74 Å². The van der Waals surface area contributed by atoms with E-state index in [1.54, 1.807) is 0 Å². The molecule has 5 nitrogen and oxygen atoms in total. The van der Waals surface area contributed by atoms with Gasteiger partial charge in [0, 0.05) is 24.8 Å². The van der Waals surface area contributed by atoms with Gasteiger partial charge in [-0.05, 0) is 38.8 Å². The van der Waals surface area contributed by atoms with Crippen LogP contribution in [0.1, 0.15) is 37.4 Å². The fraction of sp³-hybridized carbons (Fsp3) is 0.800. The van der Waals surface area contributed by atoms with Crippen molar-refractivity contribution in [2.75, 3.05) is 26.2 Å². The Kier molecular flexibility index (Phi) is 3.50. The summed E-state index contributed by atoms with van der Waals surface area (Å²) < 4.78 is 8.37. The van der Waals surface area contributed by atoms with E-state index in [2.05, 4.69) is 19.8 Å². The number of hydrogen-bond acceptors (Lipinski definition) is 4. The monoisotopic (exact) mass is 276 g/mol. The van der Waals surface area contributed by atoms with Gasteiger partial charge in [0.15, 0.2) is 0 Å². The highest BCUT2D eigenvalue weighted by Crippen LogP contribution is 2.25. The standard InChI is InChI=1S/C15H24N4O/c1-4-14(17-5-1)15-7-16-11-19(15)9-13-8-18-6-2-3-12(18)10-20-13/h7,11-14,17H,1-6,8-10H2/t12?,13?,14-/m0/s1. The molecule has 3 saturated heterocycles. The summed E-state index contributed by atoms with van der Waals surface area (Å²) in [5, 5.41) is 3.56. The first-order valence-corrected chi connectivity index (χ1v) is 7.99. The highest BCUT2D eigenvalue weighted by molar-refractivity contribution is 5.07.